The van der Waals surface area contributed by atoms with Crippen LogP contribution in [0.1, 0.15) is 6.92 Å². The Morgan fingerprint density at radius 1 is 1.53 bits per heavy atom. The summed E-state index contributed by atoms with van der Waals surface area (Å²) in [4.78, 5) is 12.5. The van der Waals surface area contributed by atoms with Gasteiger partial charge in [0.05, 0.1) is 12.0 Å². The van der Waals surface area contributed by atoms with Crippen LogP contribution in [0.4, 0.5) is 5.69 Å². The Labute approximate surface area is 105 Å². The molecule has 1 unspecified atom stereocenters. The van der Waals surface area contributed by atoms with E-state index >= 15 is 0 Å². The molecule has 0 bridgehead atoms. The van der Waals surface area contributed by atoms with Gasteiger partial charge >= 0.3 is 5.97 Å². The van der Waals surface area contributed by atoms with E-state index in [1.165, 1.54) is 0 Å². The molecule has 5 heteroatoms. The topological polar surface area (TPSA) is 64.3 Å². The van der Waals surface area contributed by atoms with E-state index in [1.54, 1.807) is 36.1 Å². The summed E-state index contributed by atoms with van der Waals surface area (Å²) in [7, 11) is 0. The van der Waals surface area contributed by atoms with E-state index in [1.807, 2.05) is 6.07 Å². The predicted molar refractivity (Wildman–Crippen MR) is 66.1 cm³/mol. The van der Waals surface area contributed by atoms with Crippen molar-refractivity contribution >= 4 is 23.3 Å². The summed E-state index contributed by atoms with van der Waals surface area (Å²) >= 11 is 5.77. The Bertz CT molecular complexity index is 425. The molecule has 90 valence electrons. The van der Waals surface area contributed by atoms with E-state index in [4.69, 9.17) is 22.0 Å². The zero-order valence-corrected chi connectivity index (χ0v) is 10.2. The summed E-state index contributed by atoms with van der Waals surface area (Å²) in [6.07, 6.45) is 0. The average Bonchev–Trinajstić information content (AvgIpc) is 2.29. The summed E-state index contributed by atoms with van der Waals surface area (Å²) in [6, 6.07) is 9.00. The number of carboxylic acid groups (broad SMARTS) is 1. The number of hydrogen-bond acceptors (Lipinski definition) is 3. The molecule has 0 saturated heterocycles. The highest BCUT2D eigenvalue weighted by Gasteiger charge is 2.16. The third-order valence-corrected chi connectivity index (χ3v) is 2.62. The number of anilines is 1. The molecule has 1 atom stereocenters. The van der Waals surface area contributed by atoms with Crippen LogP contribution in [-0.4, -0.2) is 24.2 Å². The largest absolute Gasteiger partial charge is 0.481 e. The van der Waals surface area contributed by atoms with Gasteiger partial charge in [0.1, 0.15) is 6.54 Å². The molecule has 1 aromatic rings. The van der Waals surface area contributed by atoms with Crippen LogP contribution in [0.2, 0.25) is 5.02 Å². The molecule has 1 N–H and O–H groups in total. The van der Waals surface area contributed by atoms with Gasteiger partial charge < -0.3 is 10.0 Å². The van der Waals surface area contributed by atoms with Crippen molar-refractivity contribution in [3.05, 3.63) is 29.3 Å². The molecule has 0 saturated carbocycles. The molecular formula is C12H13ClN2O2. The lowest BCUT2D eigenvalue weighted by Gasteiger charge is -2.23. The van der Waals surface area contributed by atoms with Gasteiger partial charge in [0, 0.05) is 17.3 Å². The molecule has 0 aliphatic carbocycles. The Balaban J connectivity index is 2.82. The number of rotatable bonds is 5. The summed E-state index contributed by atoms with van der Waals surface area (Å²) in [5.41, 5.74) is 0.795. The molecule has 0 aliphatic rings. The van der Waals surface area contributed by atoms with Crippen LogP contribution < -0.4 is 4.90 Å². The fourth-order valence-electron chi connectivity index (χ4n) is 1.41. The second-order valence-electron chi connectivity index (χ2n) is 3.75. The van der Waals surface area contributed by atoms with Crippen molar-refractivity contribution in [1.29, 1.82) is 5.26 Å². The van der Waals surface area contributed by atoms with Crippen LogP contribution in [0.3, 0.4) is 0 Å². The van der Waals surface area contributed by atoms with E-state index < -0.39 is 11.9 Å². The van der Waals surface area contributed by atoms with Gasteiger partial charge in [0.15, 0.2) is 0 Å². The van der Waals surface area contributed by atoms with E-state index in [0.717, 1.165) is 5.69 Å². The van der Waals surface area contributed by atoms with Crippen LogP contribution in [0, 0.1) is 17.2 Å². The monoisotopic (exact) mass is 252 g/mol. The number of carbonyl (C=O) groups is 1. The molecular weight excluding hydrogens is 240 g/mol. The van der Waals surface area contributed by atoms with Crippen molar-refractivity contribution in [2.45, 2.75) is 6.92 Å². The van der Waals surface area contributed by atoms with Gasteiger partial charge in [-0.05, 0) is 24.3 Å². The summed E-state index contributed by atoms with van der Waals surface area (Å²) in [6.45, 7) is 2.06. The SMILES string of the molecule is CC(CN(CC#N)c1ccc(Cl)cc1)C(=O)O. The Hall–Kier alpha value is -1.73. The maximum atomic E-state index is 10.8. The minimum Gasteiger partial charge on any atom is -0.481 e. The van der Waals surface area contributed by atoms with Crippen molar-refractivity contribution in [2.75, 3.05) is 18.0 Å². The van der Waals surface area contributed by atoms with Crippen molar-refractivity contribution < 1.29 is 9.90 Å². The first-order valence-corrected chi connectivity index (χ1v) is 5.52. The fourth-order valence-corrected chi connectivity index (χ4v) is 1.53. The lowest BCUT2D eigenvalue weighted by atomic mass is 10.1. The van der Waals surface area contributed by atoms with E-state index in [0.29, 0.717) is 11.6 Å². The minimum absolute atomic E-state index is 0.152. The minimum atomic E-state index is -0.873. The van der Waals surface area contributed by atoms with Gasteiger partial charge in [-0.25, -0.2) is 0 Å². The first-order chi connectivity index (χ1) is 8.04. The lowest BCUT2D eigenvalue weighted by molar-refractivity contribution is -0.140. The van der Waals surface area contributed by atoms with Crippen molar-refractivity contribution in [3.63, 3.8) is 0 Å². The molecule has 0 amide bonds. The first-order valence-electron chi connectivity index (χ1n) is 5.15. The number of nitriles is 1. The Kier molecular flexibility index (Phi) is 4.80. The Morgan fingerprint density at radius 3 is 2.59 bits per heavy atom. The molecule has 17 heavy (non-hydrogen) atoms. The molecule has 0 spiro atoms. The van der Waals surface area contributed by atoms with Gasteiger partial charge in [0.25, 0.3) is 0 Å². The first kappa shape index (κ1) is 13.3. The van der Waals surface area contributed by atoms with Crippen LogP contribution in [0.5, 0.6) is 0 Å². The second kappa shape index (κ2) is 6.12. The summed E-state index contributed by atoms with van der Waals surface area (Å²) in [5, 5.41) is 18.2. The molecule has 0 fully saturated rings. The standard InChI is InChI=1S/C12H13ClN2O2/c1-9(12(16)17)8-15(7-6-14)11-4-2-10(13)3-5-11/h2-5,9H,7-8H2,1H3,(H,16,17). The predicted octanol–water partition coefficient (Wildman–Crippen LogP) is 2.39. The third-order valence-electron chi connectivity index (χ3n) is 2.37. The van der Waals surface area contributed by atoms with Crippen LogP contribution in [-0.2, 0) is 4.79 Å². The van der Waals surface area contributed by atoms with Gasteiger partial charge in [-0.2, -0.15) is 5.26 Å². The van der Waals surface area contributed by atoms with Gasteiger partial charge in [-0.15, -0.1) is 0 Å². The smallest absolute Gasteiger partial charge is 0.308 e. The van der Waals surface area contributed by atoms with Crippen molar-refractivity contribution in [3.8, 4) is 6.07 Å². The zero-order chi connectivity index (χ0) is 12.8. The summed E-state index contributed by atoms with van der Waals surface area (Å²) in [5.74, 6) is -1.40. The van der Waals surface area contributed by atoms with E-state index in [2.05, 4.69) is 0 Å². The molecule has 0 aromatic heterocycles. The number of carboxylic acids is 1. The lowest BCUT2D eigenvalue weighted by Crippen LogP contribution is -2.32. The fraction of sp³-hybridized carbons (Fsp3) is 0.333. The van der Waals surface area contributed by atoms with Gasteiger partial charge in [-0.3, -0.25) is 4.79 Å². The zero-order valence-electron chi connectivity index (χ0n) is 9.43. The number of benzene rings is 1. The molecule has 0 aliphatic heterocycles. The van der Waals surface area contributed by atoms with Crippen molar-refractivity contribution in [2.24, 2.45) is 5.92 Å². The molecule has 4 nitrogen and oxygen atoms in total. The molecule has 1 rings (SSSR count). The normalized spacial score (nSPS) is 11.6. The summed E-state index contributed by atoms with van der Waals surface area (Å²) < 4.78 is 0. The molecule has 0 radical (unpaired) electrons. The highest BCUT2D eigenvalue weighted by atomic mass is 35.5. The van der Waals surface area contributed by atoms with E-state index in [9.17, 15) is 4.79 Å². The van der Waals surface area contributed by atoms with Crippen LogP contribution >= 0.6 is 11.6 Å². The van der Waals surface area contributed by atoms with Gasteiger partial charge in [-0.1, -0.05) is 18.5 Å². The quantitative estimate of drug-likeness (QED) is 0.818. The number of nitrogens with zero attached hydrogens (tertiary/aromatic N) is 2. The van der Waals surface area contributed by atoms with Crippen molar-refractivity contribution in [1.82, 2.24) is 0 Å². The number of hydrogen-bond donors (Lipinski definition) is 1. The highest BCUT2D eigenvalue weighted by Crippen LogP contribution is 2.18. The maximum absolute atomic E-state index is 10.8. The van der Waals surface area contributed by atoms with Gasteiger partial charge in [0.2, 0.25) is 0 Å². The molecule has 0 heterocycles. The van der Waals surface area contributed by atoms with Crippen LogP contribution in [0.15, 0.2) is 24.3 Å². The second-order valence-corrected chi connectivity index (χ2v) is 4.19. The maximum Gasteiger partial charge on any atom is 0.308 e. The average molecular weight is 253 g/mol. The number of aliphatic carboxylic acids is 1. The van der Waals surface area contributed by atoms with Crippen LogP contribution in [0.25, 0.3) is 0 Å². The molecule has 1 aromatic carbocycles. The third kappa shape index (κ3) is 3.97. The highest BCUT2D eigenvalue weighted by molar-refractivity contribution is 6.30. The Morgan fingerprint density at radius 2 is 2.12 bits per heavy atom. The number of halogens is 1. The van der Waals surface area contributed by atoms with E-state index in [-0.39, 0.29) is 6.54 Å².